The molecule has 2 amide bonds. The van der Waals surface area contributed by atoms with E-state index in [9.17, 15) is 9.59 Å². The maximum Gasteiger partial charge on any atom is 0.244 e. The fraction of sp³-hybridized carbons (Fsp3) is 0.200. The average molecular weight is 297 g/mol. The summed E-state index contributed by atoms with van der Waals surface area (Å²) in [5.74, 6) is -0.180. The van der Waals surface area contributed by atoms with Crippen LogP contribution in [0.2, 0.25) is 0 Å². The fourth-order valence-corrected chi connectivity index (χ4v) is 2.18. The summed E-state index contributed by atoms with van der Waals surface area (Å²) in [7, 11) is 0. The molecule has 0 saturated carbocycles. The quantitative estimate of drug-likeness (QED) is 0.887. The van der Waals surface area contributed by atoms with Crippen molar-refractivity contribution in [3.8, 4) is 0 Å². The Labute approximate surface area is 127 Å². The molecule has 2 aromatic rings. The van der Waals surface area contributed by atoms with Gasteiger partial charge in [0.05, 0.1) is 12.0 Å². The van der Waals surface area contributed by atoms with Crippen LogP contribution in [0.4, 0.5) is 5.69 Å². The number of hydrogen-bond acceptors (Lipinski definition) is 4. The Hall–Kier alpha value is -2.96. The molecule has 7 heteroatoms. The van der Waals surface area contributed by atoms with Crippen LogP contribution >= 0.6 is 0 Å². The second-order valence-corrected chi connectivity index (χ2v) is 4.95. The first-order chi connectivity index (χ1) is 10.7. The van der Waals surface area contributed by atoms with E-state index in [1.807, 2.05) is 24.3 Å². The van der Waals surface area contributed by atoms with Crippen LogP contribution in [0.1, 0.15) is 18.4 Å². The first kappa shape index (κ1) is 14.0. The number of anilines is 1. The lowest BCUT2D eigenvalue weighted by molar-refractivity contribution is -0.121. The third-order valence-corrected chi connectivity index (χ3v) is 3.29. The van der Waals surface area contributed by atoms with Crippen LogP contribution in [0.5, 0.6) is 0 Å². The van der Waals surface area contributed by atoms with E-state index >= 15 is 0 Å². The second-order valence-electron chi connectivity index (χ2n) is 4.95. The van der Waals surface area contributed by atoms with Gasteiger partial charge in [0, 0.05) is 30.9 Å². The Kier molecular flexibility index (Phi) is 3.95. The number of carbonyl (C=O) groups excluding carboxylic acids is 2. The van der Waals surface area contributed by atoms with E-state index in [-0.39, 0.29) is 18.4 Å². The van der Waals surface area contributed by atoms with Crippen molar-refractivity contribution < 1.29 is 9.59 Å². The molecule has 2 N–H and O–H groups in total. The van der Waals surface area contributed by atoms with Gasteiger partial charge in [-0.3, -0.25) is 9.59 Å². The van der Waals surface area contributed by atoms with Crippen molar-refractivity contribution in [2.75, 3.05) is 5.32 Å². The first-order valence-corrected chi connectivity index (χ1v) is 6.92. The van der Waals surface area contributed by atoms with E-state index in [4.69, 9.17) is 0 Å². The number of aromatic nitrogens is 2. The van der Waals surface area contributed by atoms with Gasteiger partial charge in [0.1, 0.15) is 6.54 Å². The molecule has 1 aromatic carbocycles. The summed E-state index contributed by atoms with van der Waals surface area (Å²) < 4.78 is 1.70. The molecule has 112 valence electrons. The van der Waals surface area contributed by atoms with E-state index in [1.54, 1.807) is 23.3 Å². The number of nitrogens with zero attached hydrogens (tertiary/aromatic N) is 3. The monoisotopic (exact) mass is 297 g/mol. The van der Waals surface area contributed by atoms with Crippen molar-refractivity contribution in [2.45, 2.75) is 19.4 Å². The Bertz CT molecular complexity index is 704. The molecule has 1 aliphatic heterocycles. The fourth-order valence-electron chi connectivity index (χ4n) is 2.18. The highest BCUT2D eigenvalue weighted by Crippen LogP contribution is 2.14. The number of amides is 2. The molecule has 3 rings (SSSR count). The molecule has 7 nitrogen and oxygen atoms in total. The largest absolute Gasteiger partial charge is 0.328 e. The molecule has 0 unspecified atom stereocenters. The molecule has 0 saturated heterocycles. The van der Waals surface area contributed by atoms with E-state index in [1.165, 1.54) is 0 Å². The lowest BCUT2D eigenvalue weighted by atomic mass is 10.0. The minimum Gasteiger partial charge on any atom is -0.328 e. The third kappa shape index (κ3) is 3.38. The van der Waals surface area contributed by atoms with Gasteiger partial charge in [0.15, 0.2) is 0 Å². The molecule has 22 heavy (non-hydrogen) atoms. The van der Waals surface area contributed by atoms with Crippen molar-refractivity contribution in [3.05, 3.63) is 48.5 Å². The smallest absolute Gasteiger partial charge is 0.244 e. The lowest BCUT2D eigenvalue weighted by Gasteiger charge is -2.12. The maximum absolute atomic E-state index is 11.9. The molecular formula is C15H15N5O2. The molecule has 0 aliphatic carbocycles. The molecule has 2 heterocycles. The number of benzene rings is 1. The number of carbonyl (C=O) groups is 2. The Balaban J connectivity index is 1.62. The van der Waals surface area contributed by atoms with Crippen LogP contribution < -0.4 is 10.7 Å². The van der Waals surface area contributed by atoms with Crippen molar-refractivity contribution in [2.24, 2.45) is 5.10 Å². The minimum absolute atomic E-state index is 0.0628. The van der Waals surface area contributed by atoms with Crippen LogP contribution in [0.15, 0.2) is 48.1 Å². The molecular weight excluding hydrogens is 282 g/mol. The molecule has 1 aliphatic rings. The highest BCUT2D eigenvalue weighted by atomic mass is 16.2. The predicted octanol–water partition coefficient (Wildman–Crippen LogP) is 1.14. The van der Waals surface area contributed by atoms with Gasteiger partial charge in [-0.2, -0.15) is 5.10 Å². The summed E-state index contributed by atoms with van der Waals surface area (Å²) >= 11 is 0. The Morgan fingerprint density at radius 2 is 2.09 bits per heavy atom. The SMILES string of the molecule is O=C1CCC(c2ccc(NC(=O)Cn3ccnc3)cc2)=NN1. The topological polar surface area (TPSA) is 88.4 Å². The van der Waals surface area contributed by atoms with Gasteiger partial charge in [-0.15, -0.1) is 0 Å². The molecule has 0 bridgehead atoms. The van der Waals surface area contributed by atoms with Crippen molar-refractivity contribution >= 4 is 23.2 Å². The number of hydrogen-bond donors (Lipinski definition) is 2. The first-order valence-electron chi connectivity index (χ1n) is 6.92. The van der Waals surface area contributed by atoms with E-state index in [0.717, 1.165) is 11.3 Å². The predicted molar refractivity (Wildman–Crippen MR) is 81.2 cm³/mol. The van der Waals surface area contributed by atoms with Gasteiger partial charge >= 0.3 is 0 Å². The standard InChI is InChI=1S/C15H15N5O2/c21-14-6-5-13(18-19-14)11-1-3-12(4-2-11)17-15(22)9-20-8-7-16-10-20/h1-4,7-8,10H,5-6,9H2,(H,17,22)(H,19,21). The molecule has 0 fully saturated rings. The zero-order chi connectivity index (χ0) is 15.4. The summed E-state index contributed by atoms with van der Waals surface area (Å²) in [6, 6.07) is 7.40. The van der Waals surface area contributed by atoms with Gasteiger partial charge in [0.2, 0.25) is 11.8 Å². The average Bonchev–Trinajstić information content (AvgIpc) is 3.02. The summed E-state index contributed by atoms with van der Waals surface area (Å²) in [6.07, 6.45) is 6.03. The van der Waals surface area contributed by atoms with Crippen LogP contribution in [0.25, 0.3) is 0 Å². The highest BCUT2D eigenvalue weighted by molar-refractivity contribution is 6.04. The Morgan fingerprint density at radius 1 is 1.27 bits per heavy atom. The number of hydrazone groups is 1. The number of rotatable bonds is 4. The van der Waals surface area contributed by atoms with Crippen LogP contribution in [-0.4, -0.2) is 27.1 Å². The van der Waals surface area contributed by atoms with Crippen molar-refractivity contribution in [3.63, 3.8) is 0 Å². The van der Waals surface area contributed by atoms with Gasteiger partial charge in [-0.25, -0.2) is 10.4 Å². The summed E-state index contributed by atoms with van der Waals surface area (Å²) in [6.45, 7) is 0.223. The lowest BCUT2D eigenvalue weighted by Crippen LogP contribution is -2.25. The van der Waals surface area contributed by atoms with Gasteiger partial charge < -0.3 is 9.88 Å². The zero-order valence-electron chi connectivity index (χ0n) is 11.8. The second kappa shape index (κ2) is 6.21. The number of imidazole rings is 1. The van der Waals surface area contributed by atoms with Crippen LogP contribution in [0.3, 0.4) is 0 Å². The summed E-state index contributed by atoms with van der Waals surface area (Å²) in [5.41, 5.74) is 4.97. The maximum atomic E-state index is 11.9. The van der Waals surface area contributed by atoms with E-state index < -0.39 is 0 Å². The number of nitrogens with one attached hydrogen (secondary N) is 2. The summed E-state index contributed by atoms with van der Waals surface area (Å²) in [5, 5.41) is 6.86. The van der Waals surface area contributed by atoms with Crippen LogP contribution in [-0.2, 0) is 16.1 Å². The minimum atomic E-state index is -0.118. The molecule has 0 atom stereocenters. The van der Waals surface area contributed by atoms with Crippen LogP contribution in [0, 0.1) is 0 Å². The van der Waals surface area contributed by atoms with E-state index in [2.05, 4.69) is 20.8 Å². The molecule has 0 radical (unpaired) electrons. The van der Waals surface area contributed by atoms with Gasteiger partial charge in [-0.05, 0) is 17.7 Å². The summed E-state index contributed by atoms with van der Waals surface area (Å²) in [4.78, 5) is 26.8. The third-order valence-electron chi connectivity index (χ3n) is 3.29. The van der Waals surface area contributed by atoms with Gasteiger partial charge in [-0.1, -0.05) is 12.1 Å². The zero-order valence-corrected chi connectivity index (χ0v) is 11.8. The van der Waals surface area contributed by atoms with Gasteiger partial charge in [0.25, 0.3) is 0 Å². The van der Waals surface area contributed by atoms with Crippen molar-refractivity contribution in [1.29, 1.82) is 0 Å². The van der Waals surface area contributed by atoms with Crippen molar-refractivity contribution in [1.82, 2.24) is 15.0 Å². The molecule has 0 spiro atoms. The normalized spacial score (nSPS) is 14.2. The van der Waals surface area contributed by atoms with E-state index in [0.29, 0.717) is 18.5 Å². The Morgan fingerprint density at radius 3 is 2.73 bits per heavy atom. The highest BCUT2D eigenvalue weighted by Gasteiger charge is 2.13. The molecule has 1 aromatic heterocycles.